The third kappa shape index (κ3) is 4.33. The first-order chi connectivity index (χ1) is 15.4. The van der Waals surface area contributed by atoms with Crippen molar-refractivity contribution in [3.63, 3.8) is 0 Å². The van der Waals surface area contributed by atoms with Crippen molar-refractivity contribution < 1.29 is 14.3 Å². The Morgan fingerprint density at radius 2 is 2.06 bits per heavy atom. The molecule has 0 radical (unpaired) electrons. The van der Waals surface area contributed by atoms with E-state index in [1.807, 2.05) is 0 Å². The van der Waals surface area contributed by atoms with Crippen LogP contribution in [0.5, 0.6) is 5.75 Å². The van der Waals surface area contributed by atoms with E-state index in [1.54, 1.807) is 31.5 Å². The Hall–Kier alpha value is -3.35. The van der Waals surface area contributed by atoms with Gasteiger partial charge in [-0.05, 0) is 63.6 Å². The van der Waals surface area contributed by atoms with E-state index in [-0.39, 0.29) is 17.3 Å². The highest BCUT2D eigenvalue weighted by Gasteiger charge is 2.39. The number of fused-ring (bicyclic) bond motifs is 3. The number of hydrogen-bond donors (Lipinski definition) is 0. The summed E-state index contributed by atoms with van der Waals surface area (Å²) in [6, 6.07) is 4.54. The van der Waals surface area contributed by atoms with Gasteiger partial charge < -0.3 is 4.74 Å². The lowest BCUT2D eigenvalue weighted by Gasteiger charge is -2.26. The summed E-state index contributed by atoms with van der Waals surface area (Å²) < 4.78 is 5.23. The van der Waals surface area contributed by atoms with Crippen molar-refractivity contribution in [3.05, 3.63) is 47.1 Å². The van der Waals surface area contributed by atoms with Crippen molar-refractivity contribution in [2.24, 2.45) is 26.9 Å². The molecule has 0 saturated carbocycles. The fourth-order valence-electron chi connectivity index (χ4n) is 4.22. The Labute approximate surface area is 188 Å². The Kier molecular flexibility index (Phi) is 6.17. The molecular weight excluding hydrogens is 404 g/mol. The number of hydrazone groups is 1. The largest absolute Gasteiger partial charge is 0.497 e. The second kappa shape index (κ2) is 9.02. The van der Waals surface area contributed by atoms with Crippen LogP contribution >= 0.6 is 0 Å². The van der Waals surface area contributed by atoms with Gasteiger partial charge in [-0.1, -0.05) is 30.2 Å². The number of benzene rings is 1. The highest BCUT2D eigenvalue weighted by atomic mass is 16.5. The van der Waals surface area contributed by atoms with E-state index < -0.39 is 11.9 Å². The van der Waals surface area contributed by atoms with Gasteiger partial charge in [-0.25, -0.2) is 9.79 Å². The van der Waals surface area contributed by atoms with E-state index >= 15 is 0 Å². The molecule has 1 aromatic carbocycles. The monoisotopic (exact) mass is 432 g/mol. The molecule has 1 aliphatic carbocycles. The maximum Gasteiger partial charge on any atom is 0.372 e. The first-order valence-corrected chi connectivity index (χ1v) is 11.0. The van der Waals surface area contributed by atoms with E-state index in [1.165, 1.54) is 11.1 Å². The molecule has 166 valence electrons. The van der Waals surface area contributed by atoms with E-state index in [0.29, 0.717) is 22.9 Å². The molecule has 2 aliphatic heterocycles. The lowest BCUT2D eigenvalue weighted by Crippen LogP contribution is -2.43. The van der Waals surface area contributed by atoms with Crippen molar-refractivity contribution in [1.29, 1.82) is 0 Å². The minimum absolute atomic E-state index is 0.142. The van der Waals surface area contributed by atoms with E-state index in [2.05, 4.69) is 48.0 Å². The quantitative estimate of drug-likeness (QED) is 0.455. The molecule has 4 rings (SSSR count). The van der Waals surface area contributed by atoms with Crippen molar-refractivity contribution in [2.75, 3.05) is 7.11 Å². The summed E-state index contributed by atoms with van der Waals surface area (Å²) in [4.78, 5) is 34.0. The van der Waals surface area contributed by atoms with Crippen LogP contribution in [0.3, 0.4) is 0 Å². The minimum atomic E-state index is -0.697. The smallest absolute Gasteiger partial charge is 0.372 e. The standard InChI is InChI=1S/C25H28N4O3/c1-15(2)6-5-7-17-8-9-18(16(3)12-17)14-26-29-24(30)23-22(28-25(29)31)20-13-19(32-4)10-11-21(20)27-23/h6,8,10-11,13-14,16,18H,5,7,9,12H2,1-4H3. The van der Waals surface area contributed by atoms with Crippen molar-refractivity contribution in [2.45, 2.75) is 46.5 Å². The molecule has 2 atom stereocenters. The first kappa shape index (κ1) is 21.9. The second-order valence-corrected chi connectivity index (χ2v) is 8.73. The number of rotatable bonds is 6. The maximum absolute atomic E-state index is 13.0. The molecule has 0 fully saturated rings. The maximum atomic E-state index is 13.0. The van der Waals surface area contributed by atoms with Gasteiger partial charge in [0.15, 0.2) is 5.71 Å². The Morgan fingerprint density at radius 3 is 2.78 bits per heavy atom. The summed E-state index contributed by atoms with van der Waals surface area (Å²) in [6.45, 7) is 6.42. The summed E-state index contributed by atoms with van der Waals surface area (Å²) >= 11 is 0. The molecule has 2 unspecified atom stereocenters. The Bertz CT molecular complexity index is 1110. The molecule has 7 nitrogen and oxygen atoms in total. The summed E-state index contributed by atoms with van der Waals surface area (Å²) in [7, 11) is 1.56. The molecule has 0 saturated heterocycles. The SMILES string of the molecule is COc1ccc2c(c1)C1=NC(=O)N(N=CC3CC=C(CCC=C(C)C)CC3C)C(=O)C1=N2. The third-order valence-electron chi connectivity index (χ3n) is 6.08. The zero-order chi connectivity index (χ0) is 22.8. The van der Waals surface area contributed by atoms with E-state index in [9.17, 15) is 9.59 Å². The number of carbonyl (C=O) groups is 2. The van der Waals surface area contributed by atoms with Gasteiger partial charge in [-0.15, -0.1) is 5.01 Å². The van der Waals surface area contributed by atoms with Crippen LogP contribution < -0.4 is 4.74 Å². The number of urea groups is 1. The Morgan fingerprint density at radius 1 is 1.25 bits per heavy atom. The van der Waals surface area contributed by atoms with Crippen LogP contribution in [0, 0.1) is 11.8 Å². The van der Waals surface area contributed by atoms with Gasteiger partial charge in [0.05, 0.1) is 12.8 Å². The number of imide groups is 1. The van der Waals surface area contributed by atoms with Crippen LogP contribution in [0.1, 0.15) is 52.0 Å². The number of allylic oxidation sites excluding steroid dienone is 4. The predicted octanol–water partition coefficient (Wildman–Crippen LogP) is 5.24. The van der Waals surface area contributed by atoms with Gasteiger partial charge in [0.2, 0.25) is 0 Å². The average Bonchev–Trinajstić information content (AvgIpc) is 3.12. The normalized spacial score (nSPS) is 22.2. The molecule has 3 amide bonds. The number of nitrogens with zero attached hydrogens (tertiary/aromatic N) is 4. The van der Waals surface area contributed by atoms with Crippen LogP contribution in [0.25, 0.3) is 0 Å². The molecule has 3 aliphatic rings. The van der Waals surface area contributed by atoms with Crippen LogP contribution in [0.15, 0.2) is 56.6 Å². The minimum Gasteiger partial charge on any atom is -0.497 e. The number of aliphatic imine (C=N–C) groups is 2. The third-order valence-corrected chi connectivity index (χ3v) is 6.08. The van der Waals surface area contributed by atoms with E-state index in [4.69, 9.17) is 4.74 Å². The second-order valence-electron chi connectivity index (χ2n) is 8.73. The molecule has 0 aromatic heterocycles. The number of methoxy groups -OCH3 is 1. The zero-order valence-electron chi connectivity index (χ0n) is 19.0. The highest BCUT2D eigenvalue weighted by Crippen LogP contribution is 2.33. The zero-order valence-corrected chi connectivity index (χ0v) is 19.0. The van der Waals surface area contributed by atoms with Crippen LogP contribution in [-0.2, 0) is 4.79 Å². The lowest BCUT2D eigenvalue weighted by molar-refractivity contribution is -0.121. The lowest BCUT2D eigenvalue weighted by atomic mass is 9.80. The summed E-state index contributed by atoms with van der Waals surface area (Å²) in [5, 5.41) is 5.07. The summed E-state index contributed by atoms with van der Waals surface area (Å²) in [5.74, 6) is 0.621. The first-order valence-electron chi connectivity index (χ1n) is 11.0. The van der Waals surface area contributed by atoms with Gasteiger partial charge in [-0.3, -0.25) is 4.79 Å². The molecule has 0 spiro atoms. The average molecular weight is 433 g/mol. The molecule has 0 bridgehead atoms. The van der Waals surface area contributed by atoms with Gasteiger partial charge in [0.1, 0.15) is 11.5 Å². The topological polar surface area (TPSA) is 83.7 Å². The van der Waals surface area contributed by atoms with Gasteiger partial charge in [-0.2, -0.15) is 10.1 Å². The fraction of sp³-hybridized carbons (Fsp3) is 0.400. The van der Waals surface area contributed by atoms with Crippen molar-refractivity contribution in [3.8, 4) is 5.75 Å². The number of ether oxygens (including phenoxy) is 1. The molecule has 2 heterocycles. The number of carbonyl (C=O) groups excluding carboxylic acids is 2. The van der Waals surface area contributed by atoms with Crippen LogP contribution in [0.4, 0.5) is 10.5 Å². The molecule has 1 aromatic rings. The number of amides is 3. The number of hydrogen-bond acceptors (Lipinski definition) is 5. The van der Waals surface area contributed by atoms with Crippen molar-refractivity contribution in [1.82, 2.24) is 5.01 Å². The molecule has 7 heteroatoms. The fourth-order valence-corrected chi connectivity index (χ4v) is 4.22. The van der Waals surface area contributed by atoms with Crippen LogP contribution in [0.2, 0.25) is 0 Å². The van der Waals surface area contributed by atoms with Crippen molar-refractivity contribution >= 4 is 35.3 Å². The molecule has 32 heavy (non-hydrogen) atoms. The molecular formula is C25H28N4O3. The van der Waals surface area contributed by atoms with Gasteiger partial charge in [0, 0.05) is 17.7 Å². The van der Waals surface area contributed by atoms with E-state index in [0.717, 1.165) is 30.7 Å². The predicted molar refractivity (Wildman–Crippen MR) is 126 cm³/mol. The highest BCUT2D eigenvalue weighted by molar-refractivity contribution is 6.74. The van der Waals surface area contributed by atoms with Gasteiger partial charge in [0.25, 0.3) is 0 Å². The Balaban J connectivity index is 1.47. The summed E-state index contributed by atoms with van der Waals surface area (Å²) in [5.41, 5.74) is 4.45. The molecule has 0 N–H and O–H groups in total. The van der Waals surface area contributed by atoms with Gasteiger partial charge >= 0.3 is 11.9 Å². The van der Waals surface area contributed by atoms with Crippen LogP contribution in [-0.4, -0.2) is 41.7 Å². The summed E-state index contributed by atoms with van der Waals surface area (Å²) in [6.07, 6.45) is 10.2.